The molecule has 0 heterocycles. The molecule has 0 saturated carbocycles. The average molecular weight is 308 g/mol. The molecule has 0 aliphatic carbocycles. The van der Waals surface area contributed by atoms with E-state index in [0.29, 0.717) is 26.1 Å². The van der Waals surface area contributed by atoms with Crippen molar-refractivity contribution in [2.24, 2.45) is 0 Å². The molecular weight excluding hydrogens is 284 g/mol. The van der Waals surface area contributed by atoms with Gasteiger partial charge in [0.05, 0.1) is 31.5 Å². The minimum atomic E-state index is 0.621. The second-order valence-corrected chi connectivity index (χ2v) is 4.99. The van der Waals surface area contributed by atoms with E-state index in [1.54, 1.807) is 0 Å². The first kappa shape index (κ1) is 18.5. The summed E-state index contributed by atoms with van der Waals surface area (Å²) in [5.41, 5.74) is 1.02. The highest BCUT2D eigenvalue weighted by Crippen LogP contribution is 2.27. The molecule has 23 heavy (non-hydrogen) atoms. The van der Waals surface area contributed by atoms with E-state index in [4.69, 9.17) is 10.00 Å². The Bertz CT molecular complexity index is 601. The first-order valence-electron chi connectivity index (χ1n) is 7.96. The number of benzene rings is 1. The van der Waals surface area contributed by atoms with Gasteiger partial charge in [-0.05, 0) is 45.2 Å². The standard InChI is InChI=1S/C20H24N2O/c1-3-5-16-22(17-6-4-2)19-13-9-10-14-20(19)23-18-12-8-7-11-15-21/h9-10,13-14H,7-8,11-12,16-18H2,1-2H3. The van der Waals surface area contributed by atoms with Crippen molar-refractivity contribution in [3.63, 3.8) is 0 Å². The number of para-hydroxylation sites is 2. The van der Waals surface area contributed by atoms with Gasteiger partial charge in [0.25, 0.3) is 0 Å². The van der Waals surface area contributed by atoms with E-state index in [1.165, 1.54) is 0 Å². The molecule has 3 nitrogen and oxygen atoms in total. The molecule has 0 N–H and O–H groups in total. The number of hydrogen-bond acceptors (Lipinski definition) is 3. The van der Waals surface area contributed by atoms with Gasteiger partial charge in [0, 0.05) is 6.42 Å². The van der Waals surface area contributed by atoms with Gasteiger partial charge >= 0.3 is 0 Å². The van der Waals surface area contributed by atoms with E-state index in [9.17, 15) is 0 Å². The largest absolute Gasteiger partial charge is 0.491 e. The van der Waals surface area contributed by atoms with Crippen LogP contribution in [0.1, 0.15) is 39.5 Å². The first-order chi connectivity index (χ1) is 11.3. The van der Waals surface area contributed by atoms with E-state index < -0.39 is 0 Å². The summed E-state index contributed by atoms with van der Waals surface area (Å²) in [6, 6.07) is 10.2. The lowest BCUT2D eigenvalue weighted by Gasteiger charge is -2.22. The summed E-state index contributed by atoms with van der Waals surface area (Å²) in [6.07, 6.45) is 3.53. The Balaban J connectivity index is 2.69. The summed E-state index contributed by atoms with van der Waals surface area (Å²) in [6.45, 7) is 5.61. The predicted octanol–water partition coefficient (Wildman–Crippen LogP) is 4.00. The van der Waals surface area contributed by atoms with Crippen molar-refractivity contribution < 1.29 is 4.74 Å². The van der Waals surface area contributed by atoms with Crippen LogP contribution in [0.3, 0.4) is 0 Å². The van der Waals surface area contributed by atoms with Crippen molar-refractivity contribution >= 4 is 5.69 Å². The van der Waals surface area contributed by atoms with E-state index in [-0.39, 0.29) is 0 Å². The predicted molar refractivity (Wildman–Crippen MR) is 95.1 cm³/mol. The lowest BCUT2D eigenvalue weighted by atomic mass is 10.2. The number of ether oxygens (including phenoxy) is 1. The molecule has 120 valence electrons. The molecule has 0 aliphatic heterocycles. The van der Waals surface area contributed by atoms with Crippen LogP contribution in [-0.2, 0) is 0 Å². The van der Waals surface area contributed by atoms with Crippen LogP contribution in [0.15, 0.2) is 24.3 Å². The van der Waals surface area contributed by atoms with Gasteiger partial charge in [-0.25, -0.2) is 0 Å². The summed E-state index contributed by atoms with van der Waals surface area (Å²) in [5.74, 6) is 12.9. The Labute approximate surface area is 140 Å². The zero-order chi connectivity index (χ0) is 16.8. The van der Waals surface area contributed by atoms with Crippen molar-refractivity contribution in [2.45, 2.75) is 39.5 Å². The highest BCUT2D eigenvalue weighted by atomic mass is 16.5. The number of hydrogen-bond donors (Lipinski definition) is 0. The fourth-order valence-electron chi connectivity index (χ4n) is 2.08. The SMILES string of the molecule is CC#CCN(CC#CC)c1ccccc1OCCCCCC#N. The molecule has 0 atom stereocenters. The van der Waals surface area contributed by atoms with Gasteiger partial charge in [-0.15, -0.1) is 11.8 Å². The highest BCUT2D eigenvalue weighted by Gasteiger charge is 2.10. The fraction of sp³-hybridized carbons (Fsp3) is 0.450. The molecule has 0 aromatic heterocycles. The van der Waals surface area contributed by atoms with Crippen molar-refractivity contribution in [3.8, 4) is 35.5 Å². The number of anilines is 1. The number of unbranched alkanes of at least 4 members (excludes halogenated alkanes) is 3. The molecule has 0 amide bonds. The van der Waals surface area contributed by atoms with Crippen LogP contribution >= 0.6 is 0 Å². The van der Waals surface area contributed by atoms with E-state index in [1.807, 2.05) is 38.1 Å². The lowest BCUT2D eigenvalue weighted by Crippen LogP contribution is -2.24. The van der Waals surface area contributed by atoms with Crippen LogP contribution in [-0.4, -0.2) is 19.7 Å². The Morgan fingerprint density at radius 2 is 1.70 bits per heavy atom. The number of nitrogens with zero attached hydrogens (tertiary/aromatic N) is 2. The molecule has 0 bridgehead atoms. The van der Waals surface area contributed by atoms with Crippen LogP contribution < -0.4 is 9.64 Å². The minimum absolute atomic E-state index is 0.621. The Kier molecular flexibility index (Phi) is 9.66. The normalized spacial score (nSPS) is 8.91. The van der Waals surface area contributed by atoms with Gasteiger partial charge in [0.2, 0.25) is 0 Å². The smallest absolute Gasteiger partial charge is 0.142 e. The van der Waals surface area contributed by atoms with E-state index in [2.05, 4.69) is 34.7 Å². The average Bonchev–Trinajstić information content (AvgIpc) is 2.59. The summed E-state index contributed by atoms with van der Waals surface area (Å²) >= 11 is 0. The maximum absolute atomic E-state index is 8.53. The molecule has 3 heteroatoms. The monoisotopic (exact) mass is 308 g/mol. The molecule has 1 aromatic carbocycles. The number of nitriles is 1. The summed E-state index contributed by atoms with van der Waals surface area (Å²) in [5, 5.41) is 8.53. The molecule has 0 aliphatic rings. The van der Waals surface area contributed by atoms with Crippen LogP contribution in [0.2, 0.25) is 0 Å². The van der Waals surface area contributed by atoms with Crippen molar-refractivity contribution in [3.05, 3.63) is 24.3 Å². The first-order valence-corrected chi connectivity index (χ1v) is 7.96. The van der Waals surface area contributed by atoms with Crippen LogP contribution in [0, 0.1) is 35.0 Å². The van der Waals surface area contributed by atoms with Gasteiger partial charge in [-0.2, -0.15) is 5.26 Å². The third kappa shape index (κ3) is 7.30. The molecule has 1 rings (SSSR count). The molecular formula is C20H24N2O. The fourth-order valence-corrected chi connectivity index (χ4v) is 2.08. The summed E-state index contributed by atoms with van der Waals surface area (Å²) in [4.78, 5) is 2.12. The topological polar surface area (TPSA) is 36.3 Å². The van der Waals surface area contributed by atoms with E-state index >= 15 is 0 Å². The minimum Gasteiger partial charge on any atom is -0.491 e. The molecule has 0 fully saturated rings. The third-order valence-corrected chi connectivity index (χ3v) is 3.29. The van der Waals surface area contributed by atoms with Crippen molar-refractivity contribution in [2.75, 3.05) is 24.6 Å². The van der Waals surface area contributed by atoms with Crippen LogP contribution in [0.5, 0.6) is 5.75 Å². The maximum atomic E-state index is 8.53. The Morgan fingerprint density at radius 1 is 1.00 bits per heavy atom. The van der Waals surface area contributed by atoms with Gasteiger partial charge in [0.1, 0.15) is 5.75 Å². The third-order valence-electron chi connectivity index (χ3n) is 3.29. The maximum Gasteiger partial charge on any atom is 0.142 e. The molecule has 0 spiro atoms. The second kappa shape index (κ2) is 12.0. The van der Waals surface area contributed by atoms with Gasteiger partial charge in [-0.3, -0.25) is 0 Å². The zero-order valence-corrected chi connectivity index (χ0v) is 14.1. The van der Waals surface area contributed by atoms with Gasteiger partial charge < -0.3 is 9.64 Å². The molecule has 0 saturated heterocycles. The number of rotatable bonds is 9. The quantitative estimate of drug-likeness (QED) is 0.511. The van der Waals surface area contributed by atoms with Crippen LogP contribution in [0.4, 0.5) is 5.69 Å². The van der Waals surface area contributed by atoms with Crippen molar-refractivity contribution in [1.29, 1.82) is 5.26 Å². The van der Waals surface area contributed by atoms with Gasteiger partial charge in [-0.1, -0.05) is 24.0 Å². The summed E-state index contributed by atoms with van der Waals surface area (Å²) in [7, 11) is 0. The molecule has 1 aromatic rings. The Hall–Kier alpha value is -2.57. The zero-order valence-electron chi connectivity index (χ0n) is 14.1. The lowest BCUT2D eigenvalue weighted by molar-refractivity contribution is 0.306. The van der Waals surface area contributed by atoms with Gasteiger partial charge in [0.15, 0.2) is 0 Å². The van der Waals surface area contributed by atoms with E-state index in [0.717, 1.165) is 30.7 Å². The molecule has 0 unspecified atom stereocenters. The van der Waals surface area contributed by atoms with Crippen LogP contribution in [0.25, 0.3) is 0 Å². The Morgan fingerprint density at radius 3 is 2.35 bits per heavy atom. The molecule has 0 radical (unpaired) electrons. The summed E-state index contributed by atoms with van der Waals surface area (Å²) < 4.78 is 5.94. The highest BCUT2D eigenvalue weighted by molar-refractivity contribution is 5.59. The second-order valence-electron chi connectivity index (χ2n) is 4.99. The van der Waals surface area contributed by atoms with Crippen molar-refractivity contribution in [1.82, 2.24) is 0 Å².